The fourth-order valence-electron chi connectivity index (χ4n) is 7.13. The molecule has 0 aliphatic carbocycles. The van der Waals surface area contributed by atoms with Gasteiger partial charge in [-0.1, -0.05) is 56.7 Å². The highest BCUT2D eigenvalue weighted by Gasteiger charge is 2.79. The third kappa shape index (κ3) is 3.68. The maximum Gasteiger partial charge on any atom is 0.310 e. The van der Waals surface area contributed by atoms with Crippen LogP contribution in [0.5, 0.6) is 0 Å². The van der Waals surface area contributed by atoms with E-state index in [1.54, 1.807) is 17.9 Å². The van der Waals surface area contributed by atoms with E-state index in [4.69, 9.17) is 4.74 Å². The van der Waals surface area contributed by atoms with Gasteiger partial charge in [-0.05, 0) is 48.6 Å². The molecule has 2 unspecified atom stereocenters. The molecule has 38 heavy (non-hydrogen) atoms. The van der Waals surface area contributed by atoms with Gasteiger partial charge in [0.05, 0.1) is 30.1 Å². The van der Waals surface area contributed by atoms with Crippen molar-refractivity contribution < 1.29 is 29.3 Å². The van der Waals surface area contributed by atoms with Crippen LogP contribution in [-0.2, 0) is 19.1 Å². The largest absolute Gasteiger partial charge is 0.481 e. The van der Waals surface area contributed by atoms with Gasteiger partial charge in [-0.3, -0.25) is 14.4 Å². The average Bonchev–Trinajstić information content (AvgIpc) is 3.48. The molecule has 8 nitrogen and oxygen atoms in total. The molecule has 2 amide bonds. The number of likely N-dealkylation sites (tertiary alicyclic amines) is 1. The number of ether oxygens (including phenoxy) is 1. The highest BCUT2D eigenvalue weighted by atomic mass is 16.5. The Bertz CT molecular complexity index is 1290. The number of fused-ring (bicyclic) bond motifs is 2. The van der Waals surface area contributed by atoms with Crippen molar-refractivity contribution in [2.45, 2.75) is 63.3 Å². The normalized spacial score (nSPS) is 31.3. The molecule has 202 valence electrons. The van der Waals surface area contributed by atoms with Crippen molar-refractivity contribution in [3.63, 3.8) is 0 Å². The summed E-state index contributed by atoms with van der Waals surface area (Å²) in [5.74, 6) is -4.04. The average molecular weight is 521 g/mol. The third-order valence-electron chi connectivity index (χ3n) is 9.18. The topological polar surface area (TPSA) is 107 Å². The molecule has 3 aliphatic heterocycles. The molecule has 2 bridgehead atoms. The van der Waals surface area contributed by atoms with Crippen LogP contribution in [0.2, 0.25) is 0 Å². The number of carboxylic acid groups (broad SMARTS) is 1. The van der Waals surface area contributed by atoms with Crippen LogP contribution >= 0.6 is 0 Å². The van der Waals surface area contributed by atoms with Crippen molar-refractivity contribution in [1.82, 2.24) is 4.90 Å². The number of hydrogen-bond acceptors (Lipinski definition) is 5. The quantitative estimate of drug-likeness (QED) is 0.489. The van der Waals surface area contributed by atoms with Gasteiger partial charge in [-0.15, -0.1) is 6.58 Å². The molecule has 0 saturated carbocycles. The number of benzene rings is 2. The molecular weight excluding hydrogens is 484 g/mol. The number of aliphatic hydroxyl groups is 1. The van der Waals surface area contributed by atoms with E-state index in [2.05, 4.69) is 6.58 Å². The Hall–Kier alpha value is -3.23. The highest BCUT2D eigenvalue weighted by molar-refractivity contribution is 6.05. The molecule has 2 aromatic rings. The summed E-state index contributed by atoms with van der Waals surface area (Å²) in [5.41, 5.74) is -1.66. The fourth-order valence-corrected chi connectivity index (χ4v) is 7.13. The summed E-state index contributed by atoms with van der Waals surface area (Å²) in [6.07, 6.45) is 3.15. The molecule has 0 aromatic heterocycles. The molecule has 2 aromatic carbocycles. The first-order valence-corrected chi connectivity index (χ1v) is 13.4. The molecular formula is C30H36N2O6. The van der Waals surface area contributed by atoms with Gasteiger partial charge in [-0.2, -0.15) is 0 Å². The first-order valence-electron chi connectivity index (χ1n) is 13.4. The van der Waals surface area contributed by atoms with Gasteiger partial charge >= 0.3 is 5.97 Å². The van der Waals surface area contributed by atoms with Crippen molar-refractivity contribution >= 4 is 34.2 Å². The second-order valence-electron chi connectivity index (χ2n) is 11.2. The Kier molecular flexibility index (Phi) is 6.60. The summed E-state index contributed by atoms with van der Waals surface area (Å²) in [6, 6.07) is 11.9. The van der Waals surface area contributed by atoms with Crippen molar-refractivity contribution in [1.29, 1.82) is 0 Å². The lowest BCUT2D eigenvalue weighted by molar-refractivity contribution is -0.156. The zero-order chi connectivity index (χ0) is 27.4. The van der Waals surface area contributed by atoms with Gasteiger partial charge in [0, 0.05) is 12.2 Å². The first kappa shape index (κ1) is 26.4. The predicted molar refractivity (Wildman–Crippen MR) is 144 cm³/mol. The predicted octanol–water partition coefficient (Wildman–Crippen LogP) is 3.62. The molecule has 5 rings (SSSR count). The number of carboxylic acids is 1. The number of carbonyl (C=O) groups is 3. The van der Waals surface area contributed by atoms with Gasteiger partial charge in [-0.25, -0.2) is 0 Å². The summed E-state index contributed by atoms with van der Waals surface area (Å²) in [4.78, 5) is 44.3. The lowest BCUT2D eigenvalue weighted by Gasteiger charge is -2.41. The number of carbonyl (C=O) groups excluding carboxylic acids is 2. The minimum Gasteiger partial charge on any atom is -0.481 e. The van der Waals surface area contributed by atoms with Crippen molar-refractivity contribution in [3.8, 4) is 0 Å². The summed E-state index contributed by atoms with van der Waals surface area (Å²) in [6.45, 7) is 9.36. The Balaban J connectivity index is 1.65. The molecule has 3 heterocycles. The Morgan fingerprint density at radius 1 is 1.24 bits per heavy atom. The number of amides is 2. The maximum atomic E-state index is 14.6. The molecule has 3 aliphatic rings. The van der Waals surface area contributed by atoms with E-state index in [1.807, 2.05) is 56.3 Å². The van der Waals surface area contributed by atoms with E-state index in [0.717, 1.165) is 10.8 Å². The first-order chi connectivity index (χ1) is 18.1. The number of rotatable bonds is 9. The van der Waals surface area contributed by atoms with E-state index in [-0.39, 0.29) is 25.0 Å². The fraction of sp³-hybridized carbons (Fsp3) is 0.500. The minimum absolute atomic E-state index is 0.112. The van der Waals surface area contributed by atoms with E-state index in [0.29, 0.717) is 24.9 Å². The Labute approximate surface area is 222 Å². The molecule has 1 spiro atoms. The lowest BCUT2D eigenvalue weighted by atomic mass is 9.66. The van der Waals surface area contributed by atoms with Crippen LogP contribution in [-0.4, -0.2) is 69.3 Å². The molecule has 7 atom stereocenters. The zero-order valence-corrected chi connectivity index (χ0v) is 22.2. The maximum absolute atomic E-state index is 14.6. The van der Waals surface area contributed by atoms with Crippen LogP contribution in [0.25, 0.3) is 10.8 Å². The summed E-state index contributed by atoms with van der Waals surface area (Å²) in [7, 11) is 0. The number of aliphatic carboxylic acids is 1. The monoisotopic (exact) mass is 520 g/mol. The van der Waals surface area contributed by atoms with Crippen molar-refractivity contribution in [3.05, 3.63) is 55.1 Å². The van der Waals surface area contributed by atoms with Gasteiger partial charge in [0.15, 0.2) is 0 Å². The van der Waals surface area contributed by atoms with E-state index in [9.17, 15) is 24.6 Å². The van der Waals surface area contributed by atoms with E-state index < -0.39 is 47.0 Å². The zero-order valence-electron chi connectivity index (χ0n) is 22.2. The van der Waals surface area contributed by atoms with Gasteiger partial charge < -0.3 is 24.7 Å². The van der Waals surface area contributed by atoms with Crippen molar-refractivity contribution in [2.24, 2.45) is 17.8 Å². The van der Waals surface area contributed by atoms with E-state index >= 15 is 0 Å². The molecule has 8 heteroatoms. The second-order valence-corrected chi connectivity index (χ2v) is 11.2. The van der Waals surface area contributed by atoms with Crippen molar-refractivity contribution in [2.75, 3.05) is 18.1 Å². The Morgan fingerprint density at radius 2 is 1.95 bits per heavy atom. The molecule has 0 radical (unpaired) electrons. The smallest absolute Gasteiger partial charge is 0.310 e. The van der Waals surface area contributed by atoms with Crippen LogP contribution in [0, 0.1) is 17.8 Å². The van der Waals surface area contributed by atoms with Gasteiger partial charge in [0.1, 0.15) is 11.6 Å². The highest BCUT2D eigenvalue weighted by Crippen LogP contribution is 2.63. The number of aliphatic hydroxyl groups excluding tert-OH is 1. The second kappa shape index (κ2) is 9.50. The third-order valence-corrected chi connectivity index (χ3v) is 9.18. The van der Waals surface area contributed by atoms with Crippen LogP contribution < -0.4 is 4.90 Å². The molecule has 3 fully saturated rings. The summed E-state index contributed by atoms with van der Waals surface area (Å²) >= 11 is 0. The Morgan fingerprint density at radius 3 is 2.58 bits per heavy atom. The van der Waals surface area contributed by atoms with Crippen LogP contribution in [0.4, 0.5) is 5.69 Å². The molecule has 3 saturated heterocycles. The van der Waals surface area contributed by atoms with Gasteiger partial charge in [0.25, 0.3) is 5.91 Å². The summed E-state index contributed by atoms with van der Waals surface area (Å²) in [5, 5.41) is 22.6. The number of nitrogens with zero attached hydrogens (tertiary/aromatic N) is 2. The van der Waals surface area contributed by atoms with Crippen LogP contribution in [0.15, 0.2) is 55.1 Å². The van der Waals surface area contributed by atoms with Gasteiger partial charge in [0.2, 0.25) is 5.91 Å². The van der Waals surface area contributed by atoms with Crippen LogP contribution in [0.1, 0.15) is 40.0 Å². The summed E-state index contributed by atoms with van der Waals surface area (Å²) < 4.78 is 6.52. The minimum atomic E-state index is -1.27. The van der Waals surface area contributed by atoms with Crippen LogP contribution in [0.3, 0.4) is 0 Å². The van der Waals surface area contributed by atoms with E-state index in [1.165, 1.54) is 4.90 Å². The number of hydrogen-bond donors (Lipinski definition) is 2. The number of anilines is 1. The lowest BCUT2D eigenvalue weighted by Crippen LogP contribution is -2.60. The standard InChI is InChI=1S/C30H36N2O6/c1-5-15-31(21-12-11-19-9-7-8-10-20(19)16-21)27(35)25-30-14-13-29(4,38-30)24(28(36)37)23(30)26(34)32(25)22(17-33)18(3)6-2/h5,7-12,16,18,22-25,33H,1,6,13-15,17H2,2-4H3,(H,36,37)/t18-,22-,23-,24+,25?,29-,30?/m0/s1. The SMILES string of the molecule is C=CCN(C(=O)C1N([C@@H](CO)[C@@H](C)CC)C(=O)[C@@H]2[C@H](C(=O)O)[C@]3(C)CCC12O3)c1ccc2ccccc2c1. The molecule has 2 N–H and O–H groups in total.